The molecule has 2 aromatic rings. The van der Waals surface area contributed by atoms with Crippen molar-refractivity contribution in [2.45, 2.75) is 33.8 Å². The molecule has 0 bridgehead atoms. The lowest BCUT2D eigenvalue weighted by Gasteiger charge is -2.16. The summed E-state index contributed by atoms with van der Waals surface area (Å²) in [7, 11) is 0. The zero-order valence-corrected chi connectivity index (χ0v) is 17.1. The summed E-state index contributed by atoms with van der Waals surface area (Å²) in [5, 5.41) is 12.6. The van der Waals surface area contributed by atoms with Gasteiger partial charge in [0.2, 0.25) is 0 Å². The number of para-hydroxylation sites is 1. The van der Waals surface area contributed by atoms with Crippen molar-refractivity contribution in [1.82, 2.24) is 0 Å². The summed E-state index contributed by atoms with van der Waals surface area (Å²) in [6.07, 6.45) is 1.40. The Kier molecular flexibility index (Phi) is 7.48. The summed E-state index contributed by atoms with van der Waals surface area (Å²) in [4.78, 5) is 12.5. The van der Waals surface area contributed by atoms with E-state index in [4.69, 9.17) is 21.1 Å². The molecular formula is C22H23ClN2O3. The molecule has 0 atom stereocenters. The summed E-state index contributed by atoms with van der Waals surface area (Å²) in [6, 6.07) is 12.6. The molecule has 28 heavy (non-hydrogen) atoms. The van der Waals surface area contributed by atoms with Crippen molar-refractivity contribution < 1.29 is 14.3 Å². The van der Waals surface area contributed by atoms with Gasteiger partial charge in [0.1, 0.15) is 11.6 Å². The molecule has 0 radical (unpaired) electrons. The third-order valence-corrected chi connectivity index (χ3v) is 4.04. The maximum atomic E-state index is 12.5. The normalized spacial score (nSPS) is 11.1. The van der Waals surface area contributed by atoms with Gasteiger partial charge in [-0.2, -0.15) is 5.26 Å². The molecule has 0 saturated heterocycles. The predicted octanol–water partition coefficient (Wildman–Crippen LogP) is 5.38. The Balaban J connectivity index is 2.36. The molecule has 0 fully saturated rings. The minimum Gasteiger partial charge on any atom is -0.490 e. The van der Waals surface area contributed by atoms with Gasteiger partial charge in [-0.05, 0) is 63.1 Å². The second-order valence-electron chi connectivity index (χ2n) is 6.37. The topological polar surface area (TPSA) is 71.3 Å². The highest BCUT2D eigenvalue weighted by atomic mass is 35.5. The minimum atomic E-state index is -0.492. The molecule has 0 unspecified atom stereocenters. The fourth-order valence-corrected chi connectivity index (χ4v) is 2.77. The van der Waals surface area contributed by atoms with E-state index < -0.39 is 5.91 Å². The average molecular weight is 399 g/mol. The Morgan fingerprint density at radius 3 is 2.64 bits per heavy atom. The van der Waals surface area contributed by atoms with Gasteiger partial charge in [0, 0.05) is 5.69 Å². The van der Waals surface area contributed by atoms with E-state index in [0.29, 0.717) is 34.4 Å². The van der Waals surface area contributed by atoms with Gasteiger partial charge in [-0.15, -0.1) is 0 Å². The van der Waals surface area contributed by atoms with Crippen LogP contribution in [0, 0.1) is 18.3 Å². The highest BCUT2D eigenvalue weighted by molar-refractivity contribution is 6.32. The van der Waals surface area contributed by atoms with E-state index in [1.54, 1.807) is 18.2 Å². The Labute approximate surface area is 170 Å². The first-order valence-corrected chi connectivity index (χ1v) is 9.35. The van der Waals surface area contributed by atoms with Gasteiger partial charge in [0.15, 0.2) is 11.5 Å². The van der Waals surface area contributed by atoms with Gasteiger partial charge in [-0.3, -0.25) is 4.79 Å². The molecule has 5 nitrogen and oxygen atoms in total. The van der Waals surface area contributed by atoms with Crippen LogP contribution in [-0.4, -0.2) is 18.6 Å². The molecule has 1 amide bonds. The molecular weight excluding hydrogens is 376 g/mol. The van der Waals surface area contributed by atoms with Crippen LogP contribution < -0.4 is 14.8 Å². The van der Waals surface area contributed by atoms with Gasteiger partial charge in [-0.25, -0.2) is 0 Å². The number of anilines is 1. The summed E-state index contributed by atoms with van der Waals surface area (Å²) in [6.45, 7) is 7.95. The number of rotatable bonds is 7. The van der Waals surface area contributed by atoms with Crippen LogP contribution in [0.4, 0.5) is 5.69 Å². The van der Waals surface area contributed by atoms with Crippen molar-refractivity contribution in [3.8, 4) is 17.6 Å². The fraction of sp³-hybridized carbons (Fsp3) is 0.273. The van der Waals surface area contributed by atoms with Crippen LogP contribution in [-0.2, 0) is 4.79 Å². The Bertz CT molecular complexity index is 930. The minimum absolute atomic E-state index is 0.0423. The second kappa shape index (κ2) is 9.82. The molecule has 0 aliphatic rings. The number of benzene rings is 2. The summed E-state index contributed by atoms with van der Waals surface area (Å²) >= 11 is 6.35. The van der Waals surface area contributed by atoms with E-state index in [1.807, 2.05) is 52.0 Å². The maximum Gasteiger partial charge on any atom is 0.266 e. The number of carbonyl (C=O) groups is 1. The number of hydrogen-bond donors (Lipinski definition) is 1. The quantitative estimate of drug-likeness (QED) is 0.502. The van der Waals surface area contributed by atoms with E-state index >= 15 is 0 Å². The van der Waals surface area contributed by atoms with Crippen LogP contribution >= 0.6 is 11.6 Å². The monoisotopic (exact) mass is 398 g/mol. The maximum absolute atomic E-state index is 12.5. The Morgan fingerprint density at radius 2 is 2.04 bits per heavy atom. The molecule has 0 aromatic heterocycles. The number of nitrogens with zero attached hydrogens (tertiary/aromatic N) is 1. The zero-order chi connectivity index (χ0) is 20.7. The standard InChI is InChI=1S/C22H23ClN2O3/c1-5-27-20-12-16(11-18(23)21(20)28-14(2)3)10-17(13-24)22(26)25-19-9-7-6-8-15(19)4/h6-12,14H,5H2,1-4H3,(H,25,26)/b17-10+. The lowest BCUT2D eigenvalue weighted by molar-refractivity contribution is -0.112. The predicted molar refractivity (Wildman–Crippen MR) is 112 cm³/mol. The largest absolute Gasteiger partial charge is 0.490 e. The van der Waals surface area contributed by atoms with Crippen LogP contribution in [0.1, 0.15) is 31.9 Å². The van der Waals surface area contributed by atoms with Gasteiger partial charge in [0.05, 0.1) is 17.7 Å². The first-order valence-electron chi connectivity index (χ1n) is 8.97. The molecule has 2 aromatic carbocycles. The number of ether oxygens (including phenoxy) is 2. The van der Waals surface area contributed by atoms with Crippen LogP contribution in [0.3, 0.4) is 0 Å². The van der Waals surface area contributed by atoms with Crippen molar-refractivity contribution in [3.05, 3.63) is 58.1 Å². The van der Waals surface area contributed by atoms with E-state index in [-0.39, 0.29) is 11.7 Å². The number of carbonyl (C=O) groups excluding carboxylic acids is 1. The summed E-state index contributed by atoms with van der Waals surface area (Å²) in [5.41, 5.74) is 2.09. The highest BCUT2D eigenvalue weighted by Crippen LogP contribution is 2.38. The smallest absolute Gasteiger partial charge is 0.266 e. The number of nitrogens with one attached hydrogen (secondary N) is 1. The van der Waals surface area contributed by atoms with Crippen LogP contribution in [0.2, 0.25) is 5.02 Å². The van der Waals surface area contributed by atoms with E-state index in [2.05, 4.69) is 5.32 Å². The van der Waals surface area contributed by atoms with Crippen LogP contribution in [0.15, 0.2) is 42.0 Å². The molecule has 1 N–H and O–H groups in total. The van der Waals surface area contributed by atoms with Crippen LogP contribution in [0.5, 0.6) is 11.5 Å². The number of amides is 1. The molecule has 6 heteroatoms. The summed E-state index contributed by atoms with van der Waals surface area (Å²) in [5.74, 6) is 0.415. The lowest BCUT2D eigenvalue weighted by atomic mass is 10.1. The van der Waals surface area contributed by atoms with Gasteiger partial charge in [0.25, 0.3) is 5.91 Å². The number of hydrogen-bond acceptors (Lipinski definition) is 4. The molecule has 146 valence electrons. The number of aryl methyl sites for hydroxylation is 1. The van der Waals surface area contributed by atoms with Crippen molar-refractivity contribution in [2.24, 2.45) is 0 Å². The average Bonchev–Trinajstić information content (AvgIpc) is 2.64. The molecule has 0 spiro atoms. The van der Waals surface area contributed by atoms with Gasteiger partial charge >= 0.3 is 0 Å². The van der Waals surface area contributed by atoms with Crippen molar-refractivity contribution in [3.63, 3.8) is 0 Å². The van der Waals surface area contributed by atoms with Crippen molar-refractivity contribution >= 4 is 29.3 Å². The molecule has 0 saturated carbocycles. The van der Waals surface area contributed by atoms with Crippen molar-refractivity contribution in [2.75, 3.05) is 11.9 Å². The van der Waals surface area contributed by atoms with Gasteiger partial charge in [-0.1, -0.05) is 29.8 Å². The molecule has 0 aliphatic heterocycles. The van der Waals surface area contributed by atoms with Crippen molar-refractivity contribution in [1.29, 1.82) is 5.26 Å². The lowest BCUT2D eigenvalue weighted by Crippen LogP contribution is -2.14. The zero-order valence-electron chi connectivity index (χ0n) is 16.4. The third-order valence-electron chi connectivity index (χ3n) is 3.75. The SMILES string of the molecule is CCOc1cc(/C=C(\C#N)C(=O)Nc2ccccc2C)cc(Cl)c1OC(C)C. The first kappa shape index (κ1) is 21.3. The summed E-state index contributed by atoms with van der Waals surface area (Å²) < 4.78 is 11.4. The molecule has 0 aliphatic carbocycles. The molecule has 0 heterocycles. The third kappa shape index (κ3) is 5.51. The van der Waals surface area contributed by atoms with E-state index in [0.717, 1.165) is 5.56 Å². The molecule has 2 rings (SSSR count). The number of nitriles is 1. The van der Waals surface area contributed by atoms with E-state index in [9.17, 15) is 10.1 Å². The Morgan fingerprint density at radius 1 is 1.32 bits per heavy atom. The van der Waals surface area contributed by atoms with Gasteiger partial charge < -0.3 is 14.8 Å². The first-order chi connectivity index (χ1) is 13.3. The number of halogens is 1. The second-order valence-corrected chi connectivity index (χ2v) is 6.78. The highest BCUT2D eigenvalue weighted by Gasteiger charge is 2.16. The van der Waals surface area contributed by atoms with E-state index in [1.165, 1.54) is 6.08 Å². The fourth-order valence-electron chi connectivity index (χ4n) is 2.50. The van der Waals surface area contributed by atoms with Crippen LogP contribution in [0.25, 0.3) is 6.08 Å². The Hall–Kier alpha value is -2.97.